The first-order valence-electron chi connectivity index (χ1n) is 7.22. The average Bonchev–Trinajstić information content (AvgIpc) is 2.43. The summed E-state index contributed by atoms with van der Waals surface area (Å²) in [6.45, 7) is 0.929. The van der Waals surface area contributed by atoms with Crippen LogP contribution < -0.4 is 5.32 Å². The summed E-state index contributed by atoms with van der Waals surface area (Å²) in [7, 11) is 0. The van der Waals surface area contributed by atoms with E-state index >= 15 is 0 Å². The van der Waals surface area contributed by atoms with Gasteiger partial charge in [-0.3, -0.25) is 4.79 Å². The van der Waals surface area contributed by atoms with Gasteiger partial charge in [-0.2, -0.15) is 0 Å². The van der Waals surface area contributed by atoms with E-state index in [1.54, 1.807) is 0 Å². The molecule has 104 valence electrons. The molecule has 0 aliphatic carbocycles. The lowest BCUT2D eigenvalue weighted by atomic mass is 9.88. The zero-order valence-corrected chi connectivity index (χ0v) is 11.3. The van der Waals surface area contributed by atoms with Crippen LogP contribution in [-0.2, 0) is 11.2 Å². The van der Waals surface area contributed by atoms with Crippen molar-refractivity contribution in [2.45, 2.75) is 32.1 Å². The predicted octanol–water partition coefficient (Wildman–Crippen LogP) is 2.14. The largest absolute Gasteiger partial charge is 0.396 e. The van der Waals surface area contributed by atoms with Gasteiger partial charge in [0.1, 0.15) is 0 Å². The third kappa shape index (κ3) is 4.35. The molecule has 1 fully saturated rings. The first kappa shape index (κ1) is 14.1. The molecule has 1 saturated heterocycles. The van der Waals surface area contributed by atoms with Crippen molar-refractivity contribution in [2.24, 2.45) is 11.8 Å². The summed E-state index contributed by atoms with van der Waals surface area (Å²) in [5.41, 5.74) is 1.23. The number of hydrogen-bond donors (Lipinski definition) is 2. The molecular formula is C16H23NO2. The second-order valence-corrected chi connectivity index (χ2v) is 5.44. The predicted molar refractivity (Wildman–Crippen MR) is 75.7 cm³/mol. The highest BCUT2D eigenvalue weighted by Gasteiger charge is 2.22. The summed E-state index contributed by atoms with van der Waals surface area (Å²) in [4.78, 5) is 12.1. The number of nitrogens with one attached hydrogen (secondary N) is 1. The summed E-state index contributed by atoms with van der Waals surface area (Å²) in [6, 6.07) is 10.2. The number of carbonyl (C=O) groups is 1. The lowest BCUT2D eigenvalue weighted by Crippen LogP contribution is -2.37. The Kier molecular flexibility index (Phi) is 5.40. The van der Waals surface area contributed by atoms with Gasteiger partial charge in [-0.15, -0.1) is 0 Å². The minimum Gasteiger partial charge on any atom is -0.396 e. The Hall–Kier alpha value is -1.35. The van der Waals surface area contributed by atoms with Crippen molar-refractivity contribution in [1.29, 1.82) is 0 Å². The molecule has 0 radical (unpaired) electrons. The number of amides is 1. The van der Waals surface area contributed by atoms with E-state index in [2.05, 4.69) is 17.4 Å². The van der Waals surface area contributed by atoms with Gasteiger partial charge in [0.25, 0.3) is 0 Å². The van der Waals surface area contributed by atoms with Gasteiger partial charge < -0.3 is 10.4 Å². The Morgan fingerprint density at radius 2 is 2.00 bits per heavy atom. The highest BCUT2D eigenvalue weighted by atomic mass is 16.3. The molecular weight excluding hydrogens is 238 g/mol. The normalized spacial score (nSPS) is 24.4. The van der Waals surface area contributed by atoms with E-state index in [-0.39, 0.29) is 18.4 Å². The number of aliphatic hydroxyl groups excluding tert-OH is 1. The van der Waals surface area contributed by atoms with Gasteiger partial charge in [-0.1, -0.05) is 36.8 Å². The highest BCUT2D eigenvalue weighted by Crippen LogP contribution is 2.21. The maximum absolute atomic E-state index is 12.1. The van der Waals surface area contributed by atoms with Gasteiger partial charge in [0, 0.05) is 19.1 Å². The van der Waals surface area contributed by atoms with Crippen LogP contribution >= 0.6 is 0 Å². The van der Waals surface area contributed by atoms with Crippen LogP contribution in [0.25, 0.3) is 0 Å². The molecule has 1 aromatic carbocycles. The SMILES string of the molecule is O=C1NC[C@H](CCO)CCC[C@@H]1Cc1ccccc1. The van der Waals surface area contributed by atoms with E-state index < -0.39 is 0 Å². The molecule has 0 bridgehead atoms. The summed E-state index contributed by atoms with van der Waals surface area (Å²) >= 11 is 0. The van der Waals surface area contributed by atoms with Crippen LogP contribution in [0.3, 0.4) is 0 Å². The molecule has 1 aromatic rings. The zero-order valence-electron chi connectivity index (χ0n) is 11.3. The van der Waals surface area contributed by atoms with Crippen LogP contribution in [-0.4, -0.2) is 24.2 Å². The minimum absolute atomic E-state index is 0.0949. The summed E-state index contributed by atoms with van der Waals surface area (Å²) in [6.07, 6.45) is 4.76. The molecule has 2 rings (SSSR count). The van der Waals surface area contributed by atoms with E-state index in [0.717, 1.165) is 32.1 Å². The van der Waals surface area contributed by atoms with Crippen molar-refractivity contribution in [3.63, 3.8) is 0 Å². The van der Waals surface area contributed by atoms with Gasteiger partial charge in [0.05, 0.1) is 0 Å². The molecule has 3 nitrogen and oxygen atoms in total. The molecule has 1 heterocycles. The molecule has 0 unspecified atom stereocenters. The van der Waals surface area contributed by atoms with E-state index in [0.29, 0.717) is 12.5 Å². The molecule has 0 aromatic heterocycles. The lowest BCUT2D eigenvalue weighted by molar-refractivity contribution is -0.125. The van der Waals surface area contributed by atoms with E-state index in [1.165, 1.54) is 5.56 Å². The number of carbonyl (C=O) groups excluding carboxylic acids is 1. The Bertz CT molecular complexity index is 391. The smallest absolute Gasteiger partial charge is 0.223 e. The van der Waals surface area contributed by atoms with Crippen LogP contribution in [0, 0.1) is 11.8 Å². The summed E-state index contributed by atoms with van der Waals surface area (Å²) < 4.78 is 0. The van der Waals surface area contributed by atoms with Crippen LogP contribution in [0.4, 0.5) is 0 Å². The second-order valence-electron chi connectivity index (χ2n) is 5.44. The summed E-state index contributed by atoms with van der Waals surface area (Å²) in [5, 5.41) is 12.0. The number of rotatable bonds is 4. The number of aliphatic hydroxyl groups is 1. The first-order valence-corrected chi connectivity index (χ1v) is 7.22. The van der Waals surface area contributed by atoms with Gasteiger partial charge in [-0.05, 0) is 37.2 Å². The molecule has 3 heteroatoms. The average molecular weight is 261 g/mol. The number of benzene rings is 1. The topological polar surface area (TPSA) is 49.3 Å². The molecule has 2 N–H and O–H groups in total. The van der Waals surface area contributed by atoms with Gasteiger partial charge >= 0.3 is 0 Å². The number of hydrogen-bond acceptors (Lipinski definition) is 2. The standard InChI is InChI=1S/C16H23NO2/c18-10-9-14-7-4-8-15(16(19)17-12-14)11-13-5-2-1-3-6-13/h1-3,5-6,14-15,18H,4,7-12H2,(H,17,19)/t14-,15+/m0/s1. The van der Waals surface area contributed by atoms with E-state index in [9.17, 15) is 4.79 Å². The lowest BCUT2D eigenvalue weighted by Gasteiger charge is -2.24. The van der Waals surface area contributed by atoms with Crippen LogP contribution in [0.1, 0.15) is 31.2 Å². The molecule has 19 heavy (non-hydrogen) atoms. The van der Waals surface area contributed by atoms with Crippen molar-refractivity contribution in [3.8, 4) is 0 Å². The Labute approximate surface area is 115 Å². The fourth-order valence-electron chi connectivity index (χ4n) is 2.80. The van der Waals surface area contributed by atoms with Gasteiger partial charge in [-0.25, -0.2) is 0 Å². The Morgan fingerprint density at radius 3 is 2.74 bits per heavy atom. The third-order valence-electron chi connectivity index (χ3n) is 3.96. The molecule has 0 saturated carbocycles. The maximum Gasteiger partial charge on any atom is 0.223 e. The monoisotopic (exact) mass is 261 g/mol. The van der Waals surface area contributed by atoms with Crippen LogP contribution in [0.2, 0.25) is 0 Å². The van der Waals surface area contributed by atoms with Gasteiger partial charge in [0.2, 0.25) is 5.91 Å². The highest BCUT2D eigenvalue weighted by molar-refractivity contribution is 5.79. The Morgan fingerprint density at radius 1 is 1.21 bits per heavy atom. The van der Waals surface area contributed by atoms with Crippen molar-refractivity contribution >= 4 is 5.91 Å². The van der Waals surface area contributed by atoms with Crippen molar-refractivity contribution in [2.75, 3.05) is 13.2 Å². The molecule has 1 amide bonds. The summed E-state index contributed by atoms with van der Waals surface area (Å²) in [5.74, 6) is 0.704. The third-order valence-corrected chi connectivity index (χ3v) is 3.96. The minimum atomic E-state index is 0.0949. The zero-order chi connectivity index (χ0) is 13.5. The quantitative estimate of drug-likeness (QED) is 0.872. The second kappa shape index (κ2) is 7.29. The maximum atomic E-state index is 12.1. The fraction of sp³-hybridized carbons (Fsp3) is 0.562. The molecule has 2 atom stereocenters. The molecule has 0 spiro atoms. The first-order chi connectivity index (χ1) is 9.29. The van der Waals surface area contributed by atoms with Crippen molar-refractivity contribution in [1.82, 2.24) is 5.32 Å². The van der Waals surface area contributed by atoms with Crippen LogP contribution in [0.5, 0.6) is 0 Å². The molecule has 1 aliphatic rings. The van der Waals surface area contributed by atoms with E-state index in [4.69, 9.17) is 5.11 Å². The van der Waals surface area contributed by atoms with Crippen molar-refractivity contribution < 1.29 is 9.90 Å². The Balaban J connectivity index is 1.90. The van der Waals surface area contributed by atoms with E-state index in [1.807, 2.05) is 18.2 Å². The fourth-order valence-corrected chi connectivity index (χ4v) is 2.80. The van der Waals surface area contributed by atoms with Crippen molar-refractivity contribution in [3.05, 3.63) is 35.9 Å². The van der Waals surface area contributed by atoms with Crippen LogP contribution in [0.15, 0.2) is 30.3 Å². The van der Waals surface area contributed by atoms with Gasteiger partial charge in [0.15, 0.2) is 0 Å². The molecule has 1 aliphatic heterocycles.